The first kappa shape index (κ1) is 21.1. The molecule has 2 aromatic carbocycles. The number of carbonyl (C=O) groups is 1. The third kappa shape index (κ3) is 4.81. The summed E-state index contributed by atoms with van der Waals surface area (Å²) in [6.07, 6.45) is 0. The van der Waals surface area contributed by atoms with Crippen LogP contribution < -0.4 is 15.6 Å². The number of nitrogens with one attached hydrogen (secondary N) is 1. The molecule has 0 saturated carbocycles. The van der Waals surface area contributed by atoms with E-state index in [2.05, 4.69) is 10.3 Å². The number of methoxy groups -OCH3 is 1. The molecule has 0 spiro atoms. The molecular formula is C23H21N3O3S2. The summed E-state index contributed by atoms with van der Waals surface area (Å²) in [6, 6.07) is 19.4. The standard InChI is InChI=1S/C23H21N3O3S2/c1-26-22(28)21-18(12-19(31-21)16-8-4-3-5-9-16)25-23(26)30-14-20(27)24-13-15-7-6-10-17(11-15)29-2/h3-12H,13-14H2,1-2H3,(H,24,27). The molecule has 0 atom stereocenters. The number of fused-ring (bicyclic) bond motifs is 1. The summed E-state index contributed by atoms with van der Waals surface area (Å²) in [7, 11) is 3.30. The Morgan fingerprint density at radius 3 is 2.74 bits per heavy atom. The van der Waals surface area contributed by atoms with Gasteiger partial charge in [0.05, 0.1) is 18.4 Å². The second-order valence-corrected chi connectivity index (χ2v) is 8.86. The van der Waals surface area contributed by atoms with Crippen LogP contribution in [0.15, 0.2) is 70.6 Å². The van der Waals surface area contributed by atoms with Gasteiger partial charge < -0.3 is 10.1 Å². The van der Waals surface area contributed by atoms with Gasteiger partial charge in [0.1, 0.15) is 10.4 Å². The van der Waals surface area contributed by atoms with Gasteiger partial charge in [-0.1, -0.05) is 54.2 Å². The summed E-state index contributed by atoms with van der Waals surface area (Å²) in [5.41, 5.74) is 2.57. The molecule has 31 heavy (non-hydrogen) atoms. The zero-order chi connectivity index (χ0) is 21.8. The monoisotopic (exact) mass is 451 g/mol. The number of aromatic nitrogens is 2. The SMILES string of the molecule is COc1cccc(CNC(=O)CSc2nc3cc(-c4ccccc4)sc3c(=O)n2C)c1. The predicted molar refractivity (Wildman–Crippen MR) is 126 cm³/mol. The van der Waals surface area contributed by atoms with Crippen molar-refractivity contribution in [2.45, 2.75) is 11.7 Å². The van der Waals surface area contributed by atoms with Gasteiger partial charge in [-0.25, -0.2) is 4.98 Å². The molecule has 6 nitrogen and oxygen atoms in total. The van der Waals surface area contributed by atoms with E-state index in [-0.39, 0.29) is 17.2 Å². The molecule has 8 heteroatoms. The number of hydrogen-bond acceptors (Lipinski definition) is 6. The van der Waals surface area contributed by atoms with Crippen LogP contribution in [0.1, 0.15) is 5.56 Å². The minimum Gasteiger partial charge on any atom is -0.497 e. The Labute approximate surface area is 187 Å². The van der Waals surface area contributed by atoms with Crippen molar-refractivity contribution in [1.29, 1.82) is 0 Å². The Morgan fingerprint density at radius 1 is 1.16 bits per heavy atom. The maximum Gasteiger partial charge on any atom is 0.271 e. The molecular weight excluding hydrogens is 430 g/mol. The quantitative estimate of drug-likeness (QED) is 0.339. The lowest BCUT2D eigenvalue weighted by Gasteiger charge is -2.08. The maximum absolute atomic E-state index is 12.8. The number of hydrogen-bond donors (Lipinski definition) is 1. The van der Waals surface area contributed by atoms with Gasteiger partial charge in [-0.05, 0) is 29.3 Å². The van der Waals surface area contributed by atoms with E-state index in [0.29, 0.717) is 21.9 Å². The molecule has 0 aliphatic heterocycles. The number of nitrogens with zero attached hydrogens (tertiary/aromatic N) is 2. The topological polar surface area (TPSA) is 73.2 Å². The molecule has 0 saturated heterocycles. The fourth-order valence-corrected chi connectivity index (χ4v) is 4.95. The summed E-state index contributed by atoms with van der Waals surface area (Å²) in [4.78, 5) is 30.8. The third-order valence-electron chi connectivity index (χ3n) is 4.73. The number of ether oxygens (including phenoxy) is 1. The van der Waals surface area contributed by atoms with Gasteiger partial charge in [0.25, 0.3) is 5.56 Å². The van der Waals surface area contributed by atoms with Crippen LogP contribution in [0.4, 0.5) is 0 Å². The highest BCUT2D eigenvalue weighted by atomic mass is 32.2. The molecule has 0 aliphatic carbocycles. The van der Waals surface area contributed by atoms with Crippen LogP contribution in [0, 0.1) is 0 Å². The molecule has 0 radical (unpaired) electrons. The van der Waals surface area contributed by atoms with Gasteiger partial charge in [0.15, 0.2) is 5.16 Å². The number of thiophene rings is 1. The smallest absolute Gasteiger partial charge is 0.271 e. The average molecular weight is 452 g/mol. The number of carbonyl (C=O) groups excluding carboxylic acids is 1. The zero-order valence-electron chi connectivity index (χ0n) is 17.1. The van der Waals surface area contributed by atoms with Gasteiger partial charge in [0, 0.05) is 18.5 Å². The van der Waals surface area contributed by atoms with Crippen LogP contribution in [0.3, 0.4) is 0 Å². The minimum atomic E-state index is -0.127. The van der Waals surface area contributed by atoms with E-state index in [1.165, 1.54) is 27.7 Å². The van der Waals surface area contributed by atoms with E-state index < -0.39 is 0 Å². The second-order valence-electron chi connectivity index (χ2n) is 6.87. The summed E-state index contributed by atoms with van der Waals surface area (Å²) in [5, 5.41) is 3.41. The normalized spacial score (nSPS) is 10.9. The number of benzene rings is 2. The summed E-state index contributed by atoms with van der Waals surface area (Å²) < 4.78 is 7.33. The van der Waals surface area contributed by atoms with Crippen molar-refractivity contribution < 1.29 is 9.53 Å². The van der Waals surface area contributed by atoms with E-state index in [1.54, 1.807) is 14.2 Å². The molecule has 0 unspecified atom stereocenters. The highest BCUT2D eigenvalue weighted by molar-refractivity contribution is 7.99. The van der Waals surface area contributed by atoms with Crippen LogP contribution >= 0.6 is 23.1 Å². The number of rotatable bonds is 7. The van der Waals surface area contributed by atoms with Crippen LogP contribution in [0.5, 0.6) is 5.75 Å². The molecule has 1 N–H and O–H groups in total. The molecule has 1 amide bonds. The maximum atomic E-state index is 12.8. The van der Waals surface area contributed by atoms with Crippen molar-refractivity contribution in [3.05, 3.63) is 76.6 Å². The van der Waals surface area contributed by atoms with E-state index in [4.69, 9.17) is 4.74 Å². The zero-order valence-corrected chi connectivity index (χ0v) is 18.8. The van der Waals surface area contributed by atoms with E-state index in [9.17, 15) is 9.59 Å². The Hall–Kier alpha value is -3.10. The largest absolute Gasteiger partial charge is 0.497 e. The molecule has 0 aliphatic rings. The first-order valence-electron chi connectivity index (χ1n) is 9.63. The lowest BCUT2D eigenvalue weighted by atomic mass is 10.2. The lowest BCUT2D eigenvalue weighted by molar-refractivity contribution is -0.118. The van der Waals surface area contributed by atoms with Crippen LogP contribution in [-0.4, -0.2) is 28.3 Å². The highest BCUT2D eigenvalue weighted by Crippen LogP contribution is 2.31. The lowest BCUT2D eigenvalue weighted by Crippen LogP contribution is -2.25. The molecule has 2 heterocycles. The fraction of sp³-hybridized carbons (Fsp3) is 0.174. The van der Waals surface area contributed by atoms with Crippen LogP contribution in [-0.2, 0) is 18.4 Å². The van der Waals surface area contributed by atoms with Crippen molar-refractivity contribution in [2.75, 3.05) is 12.9 Å². The minimum absolute atomic E-state index is 0.100. The Morgan fingerprint density at radius 2 is 1.97 bits per heavy atom. The van der Waals surface area contributed by atoms with E-state index in [0.717, 1.165) is 21.8 Å². The predicted octanol–water partition coefficient (Wildman–Crippen LogP) is 4.08. The van der Waals surface area contributed by atoms with Gasteiger partial charge in [-0.2, -0.15) is 0 Å². The van der Waals surface area contributed by atoms with Gasteiger partial charge in [-0.3, -0.25) is 14.2 Å². The molecule has 2 aromatic heterocycles. The van der Waals surface area contributed by atoms with Gasteiger partial charge in [-0.15, -0.1) is 11.3 Å². The Balaban J connectivity index is 1.46. The molecule has 4 aromatic rings. The van der Waals surface area contributed by atoms with Crippen LogP contribution in [0.25, 0.3) is 20.7 Å². The molecule has 0 bridgehead atoms. The number of thioether (sulfide) groups is 1. The first-order valence-corrected chi connectivity index (χ1v) is 11.4. The van der Waals surface area contributed by atoms with Gasteiger partial charge >= 0.3 is 0 Å². The van der Waals surface area contributed by atoms with Crippen molar-refractivity contribution in [2.24, 2.45) is 7.05 Å². The Kier molecular flexibility index (Phi) is 6.39. The van der Waals surface area contributed by atoms with Crippen molar-refractivity contribution in [3.8, 4) is 16.2 Å². The van der Waals surface area contributed by atoms with E-state index >= 15 is 0 Å². The van der Waals surface area contributed by atoms with Crippen molar-refractivity contribution in [1.82, 2.24) is 14.9 Å². The van der Waals surface area contributed by atoms with Crippen molar-refractivity contribution in [3.63, 3.8) is 0 Å². The molecule has 158 valence electrons. The Bertz CT molecular complexity index is 1280. The molecule has 4 rings (SSSR count). The van der Waals surface area contributed by atoms with E-state index in [1.807, 2.05) is 60.7 Å². The summed E-state index contributed by atoms with van der Waals surface area (Å²) >= 11 is 2.69. The third-order valence-corrected chi connectivity index (χ3v) is 6.92. The highest BCUT2D eigenvalue weighted by Gasteiger charge is 2.14. The van der Waals surface area contributed by atoms with Crippen molar-refractivity contribution >= 4 is 39.2 Å². The van der Waals surface area contributed by atoms with Crippen LogP contribution in [0.2, 0.25) is 0 Å². The summed E-state index contributed by atoms with van der Waals surface area (Å²) in [5.74, 6) is 0.794. The summed E-state index contributed by atoms with van der Waals surface area (Å²) in [6.45, 7) is 0.410. The second kappa shape index (κ2) is 9.36. The average Bonchev–Trinajstić information content (AvgIpc) is 3.24. The van der Waals surface area contributed by atoms with Gasteiger partial charge in [0.2, 0.25) is 5.91 Å². The first-order chi connectivity index (χ1) is 15.0. The molecule has 0 fully saturated rings. The fourth-order valence-electron chi connectivity index (χ4n) is 3.07. The number of amides is 1.